The van der Waals surface area contributed by atoms with Gasteiger partial charge in [-0.1, -0.05) is 0 Å². The number of nitrogens with zero attached hydrogens (tertiary/aromatic N) is 1. The van der Waals surface area contributed by atoms with E-state index in [4.69, 9.17) is 10.4 Å². The highest BCUT2D eigenvalue weighted by molar-refractivity contribution is 5.81. The first-order chi connectivity index (χ1) is 5.06. The van der Waals surface area contributed by atoms with Crippen LogP contribution in [0.2, 0.25) is 0 Å². The molecule has 0 saturated heterocycles. The molecule has 0 fully saturated rings. The third-order valence-corrected chi connectivity index (χ3v) is 0.972. The first kappa shape index (κ1) is 9.44. The Balaban J connectivity index is 4.42. The molecule has 0 saturated carbocycles. The molecule has 0 rings (SSSR count). The molecule has 0 radical (unpaired) electrons. The molecular weight excluding hydrogens is 142 g/mol. The lowest BCUT2D eigenvalue weighted by atomic mass is 10.2. The van der Waals surface area contributed by atoms with Crippen molar-refractivity contribution in [3.8, 4) is 6.07 Å². The molecule has 0 aliphatic rings. The van der Waals surface area contributed by atoms with E-state index in [1.807, 2.05) is 6.07 Å². The minimum atomic E-state index is -0.996. The van der Waals surface area contributed by atoms with E-state index >= 15 is 0 Å². The van der Waals surface area contributed by atoms with Gasteiger partial charge in [0, 0.05) is 11.6 Å². The van der Waals surface area contributed by atoms with Crippen LogP contribution in [0.4, 0.5) is 0 Å². The van der Waals surface area contributed by atoms with Crippen LogP contribution in [0.15, 0.2) is 23.3 Å². The van der Waals surface area contributed by atoms with Gasteiger partial charge in [0.2, 0.25) is 0 Å². The summed E-state index contributed by atoms with van der Waals surface area (Å²) in [5.74, 6) is -0.996. The van der Waals surface area contributed by atoms with Gasteiger partial charge in [-0.2, -0.15) is 5.26 Å². The molecule has 3 nitrogen and oxygen atoms in total. The molecule has 0 aliphatic heterocycles. The maximum Gasteiger partial charge on any atom is 0.328 e. The molecule has 0 unspecified atom stereocenters. The lowest BCUT2D eigenvalue weighted by Crippen LogP contribution is -1.88. The second-order valence-electron chi connectivity index (χ2n) is 2.17. The Hall–Kier alpha value is -1.56. The Bertz CT molecular complexity index is 256. The third-order valence-electron chi connectivity index (χ3n) is 0.972. The van der Waals surface area contributed by atoms with Crippen molar-refractivity contribution in [1.82, 2.24) is 0 Å². The van der Waals surface area contributed by atoms with Gasteiger partial charge in [0.25, 0.3) is 0 Å². The second kappa shape index (κ2) is 4.29. The summed E-state index contributed by atoms with van der Waals surface area (Å²) in [4.78, 5) is 10.1. The van der Waals surface area contributed by atoms with Gasteiger partial charge >= 0.3 is 5.97 Å². The van der Waals surface area contributed by atoms with Crippen molar-refractivity contribution in [1.29, 1.82) is 5.26 Å². The van der Waals surface area contributed by atoms with Crippen LogP contribution in [0.25, 0.3) is 0 Å². The number of hydrogen-bond acceptors (Lipinski definition) is 2. The number of rotatable bonds is 2. The van der Waals surface area contributed by atoms with Crippen molar-refractivity contribution >= 4 is 5.97 Å². The summed E-state index contributed by atoms with van der Waals surface area (Å²) in [7, 11) is 0. The first-order valence-corrected chi connectivity index (χ1v) is 3.06. The molecule has 1 N–H and O–H groups in total. The smallest absolute Gasteiger partial charge is 0.328 e. The largest absolute Gasteiger partial charge is 0.478 e. The molecule has 0 spiro atoms. The van der Waals surface area contributed by atoms with E-state index < -0.39 is 5.97 Å². The second-order valence-corrected chi connectivity index (χ2v) is 2.17. The summed E-state index contributed by atoms with van der Waals surface area (Å²) >= 11 is 0. The highest BCUT2D eigenvalue weighted by Crippen LogP contribution is 1.99. The van der Waals surface area contributed by atoms with E-state index in [1.54, 1.807) is 13.8 Å². The molecule has 0 aromatic carbocycles. The average molecular weight is 151 g/mol. The molecule has 0 aliphatic carbocycles. The molecule has 0 heterocycles. The maximum absolute atomic E-state index is 10.1. The fourth-order valence-corrected chi connectivity index (χ4v) is 0.610. The zero-order chi connectivity index (χ0) is 8.85. The Morgan fingerprint density at radius 3 is 2.36 bits per heavy atom. The van der Waals surface area contributed by atoms with E-state index in [9.17, 15) is 4.79 Å². The van der Waals surface area contributed by atoms with Crippen LogP contribution in [-0.4, -0.2) is 11.1 Å². The van der Waals surface area contributed by atoms with Gasteiger partial charge in [-0.25, -0.2) is 4.79 Å². The van der Waals surface area contributed by atoms with Crippen LogP contribution < -0.4 is 0 Å². The summed E-state index contributed by atoms with van der Waals surface area (Å²) < 4.78 is 0. The van der Waals surface area contributed by atoms with E-state index in [-0.39, 0.29) is 0 Å². The Morgan fingerprint density at radius 2 is 2.00 bits per heavy atom. The molecular formula is C8H9NO2. The van der Waals surface area contributed by atoms with E-state index in [0.717, 1.165) is 6.08 Å². The van der Waals surface area contributed by atoms with Crippen LogP contribution in [0.3, 0.4) is 0 Å². The SMILES string of the molecule is C/C(C#N)=C\C(C)=C\C(=O)O. The van der Waals surface area contributed by atoms with Gasteiger partial charge in [-0.3, -0.25) is 0 Å². The summed E-state index contributed by atoms with van der Waals surface area (Å²) in [6.07, 6.45) is 2.58. The molecule has 0 atom stereocenters. The zero-order valence-electron chi connectivity index (χ0n) is 6.46. The highest BCUT2D eigenvalue weighted by Gasteiger charge is 1.90. The molecule has 0 aromatic rings. The summed E-state index contributed by atoms with van der Waals surface area (Å²) in [6, 6.07) is 1.90. The van der Waals surface area contributed by atoms with Gasteiger partial charge in [-0.05, 0) is 25.5 Å². The molecule has 11 heavy (non-hydrogen) atoms. The minimum Gasteiger partial charge on any atom is -0.478 e. The summed E-state index contributed by atoms with van der Waals surface area (Å²) in [5, 5.41) is 16.6. The number of allylic oxidation sites excluding steroid dienone is 3. The topological polar surface area (TPSA) is 61.1 Å². The van der Waals surface area contributed by atoms with Crippen molar-refractivity contribution in [3.63, 3.8) is 0 Å². The van der Waals surface area contributed by atoms with Crippen molar-refractivity contribution in [3.05, 3.63) is 23.3 Å². The molecule has 0 amide bonds. The molecule has 0 aromatic heterocycles. The Kier molecular flexibility index (Phi) is 3.68. The lowest BCUT2D eigenvalue weighted by molar-refractivity contribution is -0.131. The zero-order valence-corrected chi connectivity index (χ0v) is 6.46. The van der Waals surface area contributed by atoms with Crippen molar-refractivity contribution in [2.24, 2.45) is 0 Å². The first-order valence-electron chi connectivity index (χ1n) is 3.06. The van der Waals surface area contributed by atoms with Crippen molar-refractivity contribution in [2.75, 3.05) is 0 Å². The average Bonchev–Trinajstić information content (AvgIpc) is 1.85. The van der Waals surface area contributed by atoms with E-state index in [0.29, 0.717) is 11.1 Å². The fraction of sp³-hybridized carbons (Fsp3) is 0.250. The number of nitriles is 1. The number of carboxylic acid groups (broad SMARTS) is 1. The quantitative estimate of drug-likeness (QED) is 0.369. The normalized spacial score (nSPS) is 12.5. The highest BCUT2D eigenvalue weighted by atomic mass is 16.4. The van der Waals surface area contributed by atoms with E-state index in [1.165, 1.54) is 6.08 Å². The minimum absolute atomic E-state index is 0.500. The van der Waals surface area contributed by atoms with Crippen molar-refractivity contribution in [2.45, 2.75) is 13.8 Å². The Labute approximate surface area is 65.3 Å². The number of aliphatic carboxylic acids is 1. The van der Waals surface area contributed by atoms with Gasteiger partial charge < -0.3 is 5.11 Å². The maximum atomic E-state index is 10.1. The number of carbonyl (C=O) groups is 1. The number of hydrogen-bond donors (Lipinski definition) is 1. The fourth-order valence-electron chi connectivity index (χ4n) is 0.610. The van der Waals surface area contributed by atoms with Gasteiger partial charge in [0.1, 0.15) is 0 Å². The lowest BCUT2D eigenvalue weighted by Gasteiger charge is -1.88. The van der Waals surface area contributed by atoms with Crippen molar-refractivity contribution < 1.29 is 9.90 Å². The van der Waals surface area contributed by atoms with Crippen LogP contribution in [0.5, 0.6) is 0 Å². The van der Waals surface area contributed by atoms with E-state index in [2.05, 4.69) is 0 Å². The van der Waals surface area contributed by atoms with Crippen LogP contribution in [0.1, 0.15) is 13.8 Å². The van der Waals surface area contributed by atoms with Gasteiger partial charge in [-0.15, -0.1) is 0 Å². The molecule has 0 bridgehead atoms. The predicted molar refractivity (Wildman–Crippen MR) is 40.8 cm³/mol. The monoisotopic (exact) mass is 151 g/mol. The summed E-state index contributed by atoms with van der Waals surface area (Å²) in [6.45, 7) is 3.26. The molecule has 58 valence electrons. The van der Waals surface area contributed by atoms with Gasteiger partial charge in [0.05, 0.1) is 6.07 Å². The van der Waals surface area contributed by atoms with Crippen LogP contribution in [-0.2, 0) is 4.79 Å². The predicted octanol–water partition coefficient (Wildman–Crippen LogP) is 1.49. The van der Waals surface area contributed by atoms with Crippen LogP contribution >= 0.6 is 0 Å². The Morgan fingerprint density at radius 1 is 1.45 bits per heavy atom. The molecule has 3 heteroatoms. The third kappa shape index (κ3) is 4.91. The number of carboxylic acids is 1. The van der Waals surface area contributed by atoms with Crippen LogP contribution in [0, 0.1) is 11.3 Å². The van der Waals surface area contributed by atoms with Gasteiger partial charge in [0.15, 0.2) is 0 Å². The summed E-state index contributed by atoms with van der Waals surface area (Å²) in [5.41, 5.74) is 1.07. The standard InChI is InChI=1S/C8H9NO2/c1-6(4-8(10)11)3-7(2)5-9/h3-4H,1-2H3,(H,10,11)/b6-4+,7-3+.